The van der Waals surface area contributed by atoms with E-state index in [0.29, 0.717) is 16.3 Å². The summed E-state index contributed by atoms with van der Waals surface area (Å²) < 4.78 is 5.16. The summed E-state index contributed by atoms with van der Waals surface area (Å²) in [6, 6.07) is 4.68. The third-order valence-corrected chi connectivity index (χ3v) is 2.49. The van der Waals surface area contributed by atoms with Gasteiger partial charge in [0.2, 0.25) is 0 Å². The van der Waals surface area contributed by atoms with E-state index in [9.17, 15) is 9.59 Å². The summed E-state index contributed by atoms with van der Waals surface area (Å²) in [5.41, 5.74) is 0.0599. The standard InChI is InChI=1S/C14H19ClN2O3/c1-14(2,3)20-13(19)16-11-8-9(15)6-7-10(11)12(18)17(4)5/h6-8H,1-5H3,(H,16,19). The van der Waals surface area contributed by atoms with Gasteiger partial charge in [0.25, 0.3) is 5.91 Å². The van der Waals surface area contributed by atoms with E-state index in [4.69, 9.17) is 16.3 Å². The first-order valence-corrected chi connectivity index (χ1v) is 6.49. The van der Waals surface area contributed by atoms with E-state index in [2.05, 4.69) is 5.32 Å². The van der Waals surface area contributed by atoms with Crippen molar-refractivity contribution in [2.24, 2.45) is 0 Å². The maximum absolute atomic E-state index is 12.0. The number of hydrogen-bond donors (Lipinski definition) is 1. The van der Waals surface area contributed by atoms with Gasteiger partial charge in [0.15, 0.2) is 0 Å². The van der Waals surface area contributed by atoms with Crippen molar-refractivity contribution in [3.63, 3.8) is 0 Å². The van der Waals surface area contributed by atoms with Crippen LogP contribution in [0.3, 0.4) is 0 Å². The van der Waals surface area contributed by atoms with E-state index in [0.717, 1.165) is 0 Å². The zero-order valence-electron chi connectivity index (χ0n) is 12.3. The highest BCUT2D eigenvalue weighted by Crippen LogP contribution is 2.23. The number of nitrogens with one attached hydrogen (secondary N) is 1. The summed E-state index contributed by atoms with van der Waals surface area (Å²) in [6.45, 7) is 5.28. The Hall–Kier alpha value is -1.75. The molecule has 0 aliphatic heterocycles. The summed E-state index contributed by atoms with van der Waals surface area (Å²) in [5.74, 6) is -0.229. The smallest absolute Gasteiger partial charge is 0.412 e. The molecule has 0 saturated heterocycles. The second-order valence-corrected chi connectivity index (χ2v) is 5.95. The zero-order valence-corrected chi connectivity index (χ0v) is 13.0. The fourth-order valence-electron chi connectivity index (χ4n) is 1.46. The quantitative estimate of drug-likeness (QED) is 0.910. The monoisotopic (exact) mass is 298 g/mol. The number of halogens is 1. The molecule has 20 heavy (non-hydrogen) atoms. The molecule has 0 aliphatic rings. The number of amides is 2. The molecule has 110 valence electrons. The van der Waals surface area contributed by atoms with Crippen molar-refractivity contribution in [1.82, 2.24) is 4.90 Å². The molecule has 0 spiro atoms. The maximum atomic E-state index is 12.0. The third-order valence-electron chi connectivity index (χ3n) is 2.25. The molecule has 0 saturated carbocycles. The maximum Gasteiger partial charge on any atom is 0.412 e. The number of ether oxygens (including phenoxy) is 1. The molecule has 0 unspecified atom stereocenters. The van der Waals surface area contributed by atoms with Crippen molar-refractivity contribution in [1.29, 1.82) is 0 Å². The SMILES string of the molecule is CN(C)C(=O)c1ccc(Cl)cc1NC(=O)OC(C)(C)C. The number of carbonyl (C=O) groups is 2. The van der Waals surface area contributed by atoms with Gasteiger partial charge in [-0.3, -0.25) is 10.1 Å². The van der Waals surface area contributed by atoms with Crippen molar-refractivity contribution in [3.05, 3.63) is 28.8 Å². The van der Waals surface area contributed by atoms with Crippen LogP contribution in [0.5, 0.6) is 0 Å². The Balaban J connectivity index is 3.02. The number of nitrogens with zero attached hydrogens (tertiary/aromatic N) is 1. The van der Waals surface area contributed by atoms with Crippen LogP contribution in [0.1, 0.15) is 31.1 Å². The molecule has 0 radical (unpaired) electrons. The van der Waals surface area contributed by atoms with Gasteiger partial charge < -0.3 is 9.64 Å². The Kier molecular flexibility index (Phi) is 5.00. The molecule has 0 fully saturated rings. The van der Waals surface area contributed by atoms with Crippen LogP contribution in [0, 0.1) is 0 Å². The largest absolute Gasteiger partial charge is 0.444 e. The molecule has 0 aromatic heterocycles. The van der Waals surface area contributed by atoms with E-state index in [1.54, 1.807) is 47.0 Å². The first-order chi connectivity index (χ1) is 9.10. The van der Waals surface area contributed by atoms with Crippen LogP contribution in [-0.2, 0) is 4.74 Å². The topological polar surface area (TPSA) is 58.6 Å². The van der Waals surface area contributed by atoms with E-state index in [-0.39, 0.29) is 5.91 Å². The minimum absolute atomic E-state index is 0.229. The average Bonchev–Trinajstić information content (AvgIpc) is 2.25. The predicted octanol–water partition coefficient (Wildman–Crippen LogP) is 3.39. The number of hydrogen-bond acceptors (Lipinski definition) is 3. The van der Waals surface area contributed by atoms with Gasteiger partial charge in [-0.15, -0.1) is 0 Å². The van der Waals surface area contributed by atoms with Crippen LogP contribution >= 0.6 is 11.6 Å². The summed E-state index contributed by atoms with van der Waals surface area (Å²) in [4.78, 5) is 25.2. The van der Waals surface area contributed by atoms with E-state index in [1.165, 1.54) is 11.0 Å². The van der Waals surface area contributed by atoms with Crippen molar-refractivity contribution in [3.8, 4) is 0 Å². The summed E-state index contributed by atoms with van der Waals surface area (Å²) >= 11 is 5.90. The van der Waals surface area contributed by atoms with Crippen LogP contribution in [0.15, 0.2) is 18.2 Å². The van der Waals surface area contributed by atoms with Crippen LogP contribution in [-0.4, -0.2) is 36.6 Å². The lowest BCUT2D eigenvalue weighted by Crippen LogP contribution is -2.29. The second kappa shape index (κ2) is 6.13. The fourth-order valence-corrected chi connectivity index (χ4v) is 1.63. The number of carbonyl (C=O) groups excluding carboxylic acids is 2. The fraction of sp³-hybridized carbons (Fsp3) is 0.429. The Morgan fingerprint density at radius 2 is 1.85 bits per heavy atom. The van der Waals surface area contributed by atoms with Gasteiger partial charge in [-0.2, -0.15) is 0 Å². The first kappa shape index (κ1) is 16.3. The number of anilines is 1. The van der Waals surface area contributed by atoms with Gasteiger partial charge >= 0.3 is 6.09 Å². The minimum Gasteiger partial charge on any atom is -0.444 e. The van der Waals surface area contributed by atoms with Crippen LogP contribution < -0.4 is 5.32 Å². The number of benzene rings is 1. The predicted molar refractivity (Wildman–Crippen MR) is 79.3 cm³/mol. The molecular formula is C14H19ClN2O3. The molecule has 1 aromatic carbocycles. The molecule has 0 aliphatic carbocycles. The lowest BCUT2D eigenvalue weighted by Gasteiger charge is -2.21. The van der Waals surface area contributed by atoms with Crippen molar-refractivity contribution >= 4 is 29.3 Å². The minimum atomic E-state index is -0.632. The Morgan fingerprint density at radius 3 is 2.35 bits per heavy atom. The normalized spacial score (nSPS) is 10.9. The van der Waals surface area contributed by atoms with Crippen LogP contribution in [0.4, 0.5) is 10.5 Å². The lowest BCUT2D eigenvalue weighted by atomic mass is 10.1. The van der Waals surface area contributed by atoms with Crippen LogP contribution in [0.25, 0.3) is 0 Å². The van der Waals surface area contributed by atoms with Gasteiger partial charge in [0.1, 0.15) is 5.60 Å². The van der Waals surface area contributed by atoms with E-state index >= 15 is 0 Å². The molecule has 0 bridgehead atoms. The summed E-state index contributed by atoms with van der Waals surface area (Å²) in [5, 5.41) is 2.97. The highest BCUT2D eigenvalue weighted by molar-refractivity contribution is 6.31. The van der Waals surface area contributed by atoms with Gasteiger partial charge in [-0.05, 0) is 39.0 Å². The lowest BCUT2D eigenvalue weighted by molar-refractivity contribution is 0.0636. The Labute approximate surface area is 123 Å². The van der Waals surface area contributed by atoms with E-state index in [1.807, 2.05) is 0 Å². The van der Waals surface area contributed by atoms with Gasteiger partial charge in [0.05, 0.1) is 11.3 Å². The van der Waals surface area contributed by atoms with Gasteiger partial charge in [0, 0.05) is 19.1 Å². The Morgan fingerprint density at radius 1 is 1.25 bits per heavy atom. The molecule has 1 rings (SSSR count). The summed E-state index contributed by atoms with van der Waals surface area (Å²) in [7, 11) is 3.27. The Bertz CT molecular complexity index is 522. The summed E-state index contributed by atoms with van der Waals surface area (Å²) in [6.07, 6.45) is -0.632. The average molecular weight is 299 g/mol. The molecule has 0 heterocycles. The van der Waals surface area contributed by atoms with Crippen molar-refractivity contribution in [2.45, 2.75) is 26.4 Å². The van der Waals surface area contributed by atoms with Gasteiger partial charge in [-0.1, -0.05) is 11.6 Å². The van der Waals surface area contributed by atoms with Gasteiger partial charge in [-0.25, -0.2) is 4.79 Å². The highest BCUT2D eigenvalue weighted by atomic mass is 35.5. The zero-order chi connectivity index (χ0) is 15.5. The van der Waals surface area contributed by atoms with Crippen molar-refractivity contribution in [2.75, 3.05) is 19.4 Å². The highest BCUT2D eigenvalue weighted by Gasteiger charge is 2.19. The second-order valence-electron chi connectivity index (χ2n) is 5.52. The molecule has 2 amide bonds. The molecule has 1 N–H and O–H groups in total. The molecule has 1 aromatic rings. The molecule has 5 nitrogen and oxygen atoms in total. The third kappa shape index (κ3) is 4.74. The molecular weight excluding hydrogens is 280 g/mol. The van der Waals surface area contributed by atoms with Crippen molar-refractivity contribution < 1.29 is 14.3 Å². The first-order valence-electron chi connectivity index (χ1n) is 6.11. The van der Waals surface area contributed by atoms with E-state index < -0.39 is 11.7 Å². The molecule has 6 heteroatoms. The number of rotatable bonds is 2. The van der Waals surface area contributed by atoms with Crippen LogP contribution in [0.2, 0.25) is 5.02 Å². The molecule has 0 atom stereocenters.